The lowest BCUT2D eigenvalue weighted by Gasteiger charge is -2.20. The van der Waals surface area contributed by atoms with Crippen LogP contribution in [-0.4, -0.2) is 38.7 Å². The summed E-state index contributed by atoms with van der Waals surface area (Å²) in [5, 5.41) is 4.37. The third kappa shape index (κ3) is 2.64. The van der Waals surface area contributed by atoms with Crippen LogP contribution in [0.5, 0.6) is 0 Å². The van der Waals surface area contributed by atoms with Gasteiger partial charge in [0.05, 0.1) is 6.20 Å². The molecule has 5 heteroatoms. The van der Waals surface area contributed by atoms with Gasteiger partial charge >= 0.3 is 0 Å². The molecule has 0 aliphatic carbocycles. The van der Waals surface area contributed by atoms with Gasteiger partial charge in [-0.1, -0.05) is 25.1 Å². The Bertz CT molecular complexity index is 768. The molecule has 0 amide bonds. The summed E-state index contributed by atoms with van der Waals surface area (Å²) in [6.07, 6.45) is 2.91. The second kappa shape index (κ2) is 5.93. The van der Waals surface area contributed by atoms with Crippen LogP contribution in [0.4, 0.5) is 0 Å². The van der Waals surface area contributed by atoms with Crippen LogP contribution >= 0.6 is 0 Å². The Kier molecular flexibility index (Phi) is 3.98. The molecule has 2 aromatic heterocycles. The maximum atomic E-state index is 4.74. The Labute approximate surface area is 131 Å². The van der Waals surface area contributed by atoms with Gasteiger partial charge in [0.1, 0.15) is 11.3 Å². The molecule has 0 radical (unpaired) electrons. The summed E-state index contributed by atoms with van der Waals surface area (Å²) in [5.41, 5.74) is 4.33. The highest BCUT2D eigenvalue weighted by molar-refractivity contribution is 5.76. The van der Waals surface area contributed by atoms with E-state index in [-0.39, 0.29) is 0 Å². The Morgan fingerprint density at radius 3 is 2.86 bits per heavy atom. The Balaban J connectivity index is 1.98. The van der Waals surface area contributed by atoms with E-state index in [0.717, 1.165) is 35.5 Å². The Hall–Kier alpha value is -2.14. The minimum absolute atomic E-state index is 0.375. The number of hydrogen-bond donors (Lipinski definition) is 1. The number of fused-ring (bicyclic) bond motifs is 1. The van der Waals surface area contributed by atoms with Gasteiger partial charge in [0.25, 0.3) is 0 Å². The smallest absolute Gasteiger partial charge is 0.176 e. The van der Waals surface area contributed by atoms with E-state index in [1.54, 1.807) is 0 Å². The molecule has 0 aliphatic rings. The van der Waals surface area contributed by atoms with Crippen LogP contribution in [0.1, 0.15) is 31.9 Å². The molecule has 0 fully saturated rings. The fourth-order valence-electron chi connectivity index (χ4n) is 2.60. The summed E-state index contributed by atoms with van der Waals surface area (Å²) >= 11 is 0. The van der Waals surface area contributed by atoms with Crippen molar-refractivity contribution in [3.8, 4) is 11.4 Å². The fraction of sp³-hybridized carbons (Fsp3) is 0.412. The van der Waals surface area contributed by atoms with Crippen molar-refractivity contribution < 1.29 is 0 Å². The quantitative estimate of drug-likeness (QED) is 0.784. The van der Waals surface area contributed by atoms with Crippen molar-refractivity contribution in [2.24, 2.45) is 0 Å². The van der Waals surface area contributed by atoms with Crippen molar-refractivity contribution in [2.45, 2.75) is 32.9 Å². The third-order valence-corrected chi connectivity index (χ3v) is 4.13. The summed E-state index contributed by atoms with van der Waals surface area (Å²) < 4.78 is 1.96. The molecule has 1 unspecified atom stereocenters. The lowest BCUT2D eigenvalue weighted by molar-refractivity contribution is 0.321. The van der Waals surface area contributed by atoms with Gasteiger partial charge in [0, 0.05) is 18.2 Å². The molecule has 5 nitrogen and oxygen atoms in total. The summed E-state index contributed by atoms with van der Waals surface area (Å²) in [6.45, 7) is 5.25. The minimum atomic E-state index is 0.375. The van der Waals surface area contributed by atoms with Gasteiger partial charge in [-0.15, -0.1) is 0 Å². The molecule has 0 spiro atoms. The predicted molar refractivity (Wildman–Crippen MR) is 89.7 cm³/mol. The molecule has 2 heterocycles. The number of aromatic nitrogens is 4. The van der Waals surface area contributed by atoms with Gasteiger partial charge in [0.15, 0.2) is 5.65 Å². The zero-order valence-electron chi connectivity index (χ0n) is 13.7. The van der Waals surface area contributed by atoms with Crippen molar-refractivity contribution in [2.75, 3.05) is 14.1 Å². The van der Waals surface area contributed by atoms with Crippen LogP contribution in [0.25, 0.3) is 22.6 Å². The van der Waals surface area contributed by atoms with Gasteiger partial charge in [-0.2, -0.15) is 5.10 Å². The van der Waals surface area contributed by atoms with Crippen molar-refractivity contribution in [3.63, 3.8) is 0 Å². The summed E-state index contributed by atoms with van der Waals surface area (Å²) in [5.74, 6) is 0.907. The predicted octanol–water partition coefficient (Wildman–Crippen LogP) is 3.46. The zero-order valence-corrected chi connectivity index (χ0v) is 13.7. The molecular weight excluding hydrogens is 274 g/mol. The molecule has 1 N–H and O–H groups in total. The largest absolute Gasteiger partial charge is 0.335 e. The maximum absolute atomic E-state index is 4.74. The van der Waals surface area contributed by atoms with Crippen molar-refractivity contribution in [1.29, 1.82) is 0 Å². The highest BCUT2D eigenvalue weighted by Gasteiger charge is 2.12. The number of benzene rings is 1. The second-order valence-electron chi connectivity index (χ2n) is 5.96. The molecule has 0 bridgehead atoms. The number of nitrogens with one attached hydrogen (secondary N) is 1. The number of aromatic amines is 1. The van der Waals surface area contributed by atoms with E-state index in [1.165, 1.54) is 5.56 Å². The second-order valence-corrected chi connectivity index (χ2v) is 5.96. The first-order valence-corrected chi connectivity index (χ1v) is 7.78. The van der Waals surface area contributed by atoms with Gasteiger partial charge < -0.3 is 9.88 Å². The van der Waals surface area contributed by atoms with Crippen molar-refractivity contribution >= 4 is 11.2 Å². The molecule has 0 aliphatic heterocycles. The standard InChI is InChI=1S/C17H23N5/c1-5-9-22-17-15(11-18-22)19-16(20-17)14-8-6-7-13(10-14)12(2)21(3)4/h6-8,10-12H,5,9H2,1-4H3,(H,19,20). The number of aryl methyl sites for hydroxylation is 1. The maximum Gasteiger partial charge on any atom is 0.176 e. The zero-order chi connectivity index (χ0) is 15.7. The van der Waals surface area contributed by atoms with Gasteiger partial charge in [-0.3, -0.25) is 0 Å². The van der Waals surface area contributed by atoms with E-state index in [4.69, 9.17) is 4.98 Å². The first-order valence-electron chi connectivity index (χ1n) is 7.78. The molecule has 3 aromatic rings. The monoisotopic (exact) mass is 297 g/mol. The van der Waals surface area contributed by atoms with Gasteiger partial charge in [0.2, 0.25) is 0 Å². The fourth-order valence-corrected chi connectivity index (χ4v) is 2.60. The first-order chi connectivity index (χ1) is 10.6. The number of rotatable bonds is 5. The van der Waals surface area contributed by atoms with Crippen LogP contribution in [-0.2, 0) is 6.54 Å². The molecule has 116 valence electrons. The number of hydrogen-bond acceptors (Lipinski definition) is 3. The highest BCUT2D eigenvalue weighted by atomic mass is 15.3. The summed E-state index contributed by atoms with van der Waals surface area (Å²) in [7, 11) is 4.19. The van der Waals surface area contributed by atoms with Crippen LogP contribution in [0.15, 0.2) is 30.5 Å². The minimum Gasteiger partial charge on any atom is -0.335 e. The van der Waals surface area contributed by atoms with Crippen LogP contribution in [0.3, 0.4) is 0 Å². The van der Waals surface area contributed by atoms with Crippen molar-refractivity contribution in [3.05, 3.63) is 36.0 Å². The van der Waals surface area contributed by atoms with E-state index in [0.29, 0.717) is 6.04 Å². The molecule has 22 heavy (non-hydrogen) atoms. The molecule has 0 saturated heterocycles. The summed E-state index contributed by atoms with van der Waals surface area (Å²) in [4.78, 5) is 10.3. The van der Waals surface area contributed by atoms with E-state index < -0.39 is 0 Å². The molecule has 1 aromatic carbocycles. The van der Waals surface area contributed by atoms with Crippen LogP contribution < -0.4 is 0 Å². The summed E-state index contributed by atoms with van der Waals surface area (Å²) in [6, 6.07) is 8.94. The van der Waals surface area contributed by atoms with Gasteiger partial charge in [-0.05, 0) is 39.1 Å². The lowest BCUT2D eigenvalue weighted by atomic mass is 10.0. The number of nitrogens with zero attached hydrogens (tertiary/aromatic N) is 4. The first kappa shape index (κ1) is 14.8. The van der Waals surface area contributed by atoms with Gasteiger partial charge in [-0.25, -0.2) is 9.67 Å². The van der Waals surface area contributed by atoms with E-state index in [2.05, 4.69) is 67.2 Å². The van der Waals surface area contributed by atoms with E-state index in [9.17, 15) is 0 Å². The SMILES string of the molecule is CCCn1ncc2[nH]c(-c3cccc(C(C)N(C)C)c3)nc21. The van der Waals surface area contributed by atoms with Crippen molar-refractivity contribution in [1.82, 2.24) is 24.6 Å². The van der Waals surface area contributed by atoms with Crippen LogP contribution in [0.2, 0.25) is 0 Å². The molecule has 0 saturated carbocycles. The van der Waals surface area contributed by atoms with Crippen LogP contribution in [0, 0.1) is 0 Å². The number of imidazole rings is 1. The topological polar surface area (TPSA) is 49.7 Å². The average Bonchev–Trinajstić information content (AvgIpc) is 3.09. The lowest BCUT2D eigenvalue weighted by Crippen LogP contribution is -2.16. The normalized spacial score (nSPS) is 13.1. The number of H-pyrrole nitrogens is 1. The Morgan fingerprint density at radius 2 is 2.14 bits per heavy atom. The highest BCUT2D eigenvalue weighted by Crippen LogP contribution is 2.25. The van der Waals surface area contributed by atoms with E-state index >= 15 is 0 Å². The molecular formula is C17H23N5. The molecule has 1 atom stereocenters. The third-order valence-electron chi connectivity index (χ3n) is 4.13. The average molecular weight is 297 g/mol. The Morgan fingerprint density at radius 1 is 1.32 bits per heavy atom. The van der Waals surface area contributed by atoms with E-state index in [1.807, 2.05) is 10.9 Å². The molecule has 3 rings (SSSR count).